The zero-order chi connectivity index (χ0) is 14.4. The molecule has 0 N–H and O–H groups in total. The zero-order valence-corrected chi connectivity index (χ0v) is 12.8. The van der Waals surface area contributed by atoms with Gasteiger partial charge < -0.3 is 9.47 Å². The van der Waals surface area contributed by atoms with E-state index in [0.29, 0.717) is 12.3 Å². The van der Waals surface area contributed by atoms with Crippen molar-refractivity contribution >= 4 is 17.5 Å². The smallest absolute Gasteiger partial charge is 0.223 e. The second-order valence-electron chi connectivity index (χ2n) is 5.05. The van der Waals surface area contributed by atoms with Gasteiger partial charge in [-0.2, -0.15) is 0 Å². The highest BCUT2D eigenvalue weighted by molar-refractivity contribution is 6.18. The molecule has 5 nitrogen and oxygen atoms in total. The third-order valence-electron chi connectivity index (χ3n) is 3.81. The second kappa shape index (κ2) is 7.64. The molecule has 1 aromatic rings. The monoisotopic (exact) mass is 298 g/mol. The standard InChI is InChI=1S/C14H23ClN4O/c1-2-13-16-5-6-18(13)10-7-17-8-11-19(12-9-17)14(20)3-4-15/h5-6H,2-4,7-12H2,1H3. The maximum Gasteiger partial charge on any atom is 0.223 e. The van der Waals surface area contributed by atoms with Crippen LogP contribution in [0.15, 0.2) is 12.4 Å². The average Bonchev–Trinajstić information content (AvgIpc) is 2.93. The third kappa shape index (κ3) is 3.96. The van der Waals surface area contributed by atoms with Crippen molar-refractivity contribution in [2.24, 2.45) is 0 Å². The first kappa shape index (κ1) is 15.3. The van der Waals surface area contributed by atoms with E-state index in [1.165, 1.54) is 0 Å². The van der Waals surface area contributed by atoms with Crippen LogP contribution in [-0.4, -0.2) is 63.9 Å². The molecule has 1 amide bonds. The van der Waals surface area contributed by atoms with Crippen LogP contribution in [-0.2, 0) is 17.8 Å². The van der Waals surface area contributed by atoms with Crippen molar-refractivity contribution in [3.8, 4) is 0 Å². The topological polar surface area (TPSA) is 41.4 Å². The maximum absolute atomic E-state index is 11.7. The van der Waals surface area contributed by atoms with Crippen LogP contribution in [0.2, 0.25) is 0 Å². The first-order chi connectivity index (χ1) is 9.74. The molecule has 0 spiro atoms. The molecule has 0 unspecified atom stereocenters. The number of hydrogen-bond donors (Lipinski definition) is 0. The molecule has 0 radical (unpaired) electrons. The highest BCUT2D eigenvalue weighted by Crippen LogP contribution is 2.06. The predicted molar refractivity (Wildman–Crippen MR) is 80.0 cm³/mol. The summed E-state index contributed by atoms with van der Waals surface area (Å²) in [6.07, 6.45) is 5.32. The molecule has 0 bridgehead atoms. The summed E-state index contributed by atoms with van der Waals surface area (Å²) in [6, 6.07) is 0. The molecular formula is C14H23ClN4O. The normalized spacial score (nSPS) is 16.6. The van der Waals surface area contributed by atoms with E-state index < -0.39 is 0 Å². The Bertz CT molecular complexity index is 427. The van der Waals surface area contributed by atoms with Gasteiger partial charge in [0.15, 0.2) is 0 Å². The van der Waals surface area contributed by atoms with Crippen molar-refractivity contribution in [1.82, 2.24) is 19.4 Å². The number of aryl methyl sites for hydroxylation is 1. The van der Waals surface area contributed by atoms with E-state index in [1.807, 2.05) is 17.3 Å². The number of alkyl halides is 1. The summed E-state index contributed by atoms with van der Waals surface area (Å²) in [7, 11) is 0. The lowest BCUT2D eigenvalue weighted by Gasteiger charge is -2.34. The summed E-state index contributed by atoms with van der Waals surface area (Å²) in [6.45, 7) is 7.65. The maximum atomic E-state index is 11.7. The number of hydrogen-bond acceptors (Lipinski definition) is 3. The molecule has 1 aliphatic heterocycles. The Morgan fingerprint density at radius 3 is 2.70 bits per heavy atom. The summed E-state index contributed by atoms with van der Waals surface area (Å²) < 4.78 is 2.21. The lowest BCUT2D eigenvalue weighted by Crippen LogP contribution is -2.49. The molecule has 1 aliphatic rings. The minimum atomic E-state index is 0.183. The molecule has 0 aliphatic carbocycles. The van der Waals surface area contributed by atoms with Gasteiger partial charge in [-0.1, -0.05) is 6.92 Å². The Kier molecular flexibility index (Phi) is 5.86. The Morgan fingerprint density at radius 1 is 1.30 bits per heavy atom. The van der Waals surface area contributed by atoms with Crippen LogP contribution >= 0.6 is 11.6 Å². The quantitative estimate of drug-likeness (QED) is 0.742. The Labute approximate surface area is 125 Å². The fourth-order valence-electron chi connectivity index (χ4n) is 2.57. The Morgan fingerprint density at radius 2 is 2.05 bits per heavy atom. The van der Waals surface area contributed by atoms with Crippen LogP contribution in [0.25, 0.3) is 0 Å². The van der Waals surface area contributed by atoms with E-state index in [9.17, 15) is 4.79 Å². The lowest BCUT2D eigenvalue weighted by molar-refractivity contribution is -0.132. The molecule has 0 saturated carbocycles. The van der Waals surface area contributed by atoms with Crippen molar-refractivity contribution in [1.29, 1.82) is 0 Å². The van der Waals surface area contributed by atoms with Crippen molar-refractivity contribution in [3.63, 3.8) is 0 Å². The molecule has 1 fully saturated rings. The van der Waals surface area contributed by atoms with Gasteiger partial charge in [0.25, 0.3) is 0 Å². The van der Waals surface area contributed by atoms with Crippen molar-refractivity contribution in [2.75, 3.05) is 38.6 Å². The number of carbonyl (C=O) groups is 1. The van der Waals surface area contributed by atoms with Crippen LogP contribution in [0.1, 0.15) is 19.2 Å². The summed E-state index contributed by atoms with van der Waals surface area (Å²) >= 11 is 5.61. The fourth-order valence-corrected chi connectivity index (χ4v) is 2.73. The van der Waals surface area contributed by atoms with Crippen molar-refractivity contribution < 1.29 is 4.79 Å². The third-order valence-corrected chi connectivity index (χ3v) is 4.00. The van der Waals surface area contributed by atoms with Gasteiger partial charge in [-0.15, -0.1) is 11.6 Å². The van der Waals surface area contributed by atoms with Gasteiger partial charge in [-0.3, -0.25) is 9.69 Å². The van der Waals surface area contributed by atoms with Crippen LogP contribution in [0, 0.1) is 0 Å². The minimum absolute atomic E-state index is 0.183. The van der Waals surface area contributed by atoms with Gasteiger partial charge in [-0.05, 0) is 0 Å². The highest BCUT2D eigenvalue weighted by atomic mass is 35.5. The summed E-state index contributed by atoms with van der Waals surface area (Å²) in [4.78, 5) is 20.4. The number of carbonyl (C=O) groups excluding carboxylic acids is 1. The van der Waals surface area contributed by atoms with E-state index in [0.717, 1.165) is 51.5 Å². The summed E-state index contributed by atoms with van der Waals surface area (Å²) in [5.74, 6) is 1.74. The van der Waals surface area contributed by atoms with E-state index in [-0.39, 0.29) is 5.91 Å². The minimum Gasteiger partial charge on any atom is -0.340 e. The van der Waals surface area contributed by atoms with Crippen molar-refractivity contribution in [2.45, 2.75) is 26.3 Å². The van der Waals surface area contributed by atoms with Gasteiger partial charge in [0.1, 0.15) is 5.82 Å². The van der Waals surface area contributed by atoms with E-state index in [4.69, 9.17) is 11.6 Å². The SMILES string of the molecule is CCc1nccn1CCN1CCN(C(=O)CCCl)CC1. The van der Waals surface area contributed by atoms with Gasteiger partial charge in [0.2, 0.25) is 5.91 Å². The number of halogens is 1. The highest BCUT2D eigenvalue weighted by Gasteiger charge is 2.20. The summed E-state index contributed by atoms with van der Waals surface area (Å²) in [5.41, 5.74) is 0. The van der Waals surface area contributed by atoms with Crippen molar-refractivity contribution in [3.05, 3.63) is 18.2 Å². The number of amides is 1. The molecule has 2 rings (SSSR count). The number of imidazole rings is 1. The second-order valence-corrected chi connectivity index (χ2v) is 5.43. The molecule has 1 aromatic heterocycles. The van der Waals surface area contributed by atoms with Gasteiger partial charge in [0, 0.05) is 70.4 Å². The Hall–Kier alpha value is -1.07. The number of rotatable bonds is 6. The first-order valence-corrected chi connectivity index (χ1v) is 7.84. The molecule has 6 heteroatoms. The zero-order valence-electron chi connectivity index (χ0n) is 12.1. The average molecular weight is 299 g/mol. The van der Waals surface area contributed by atoms with Gasteiger partial charge in [-0.25, -0.2) is 4.98 Å². The van der Waals surface area contributed by atoms with Crippen LogP contribution in [0.5, 0.6) is 0 Å². The first-order valence-electron chi connectivity index (χ1n) is 7.30. The molecule has 0 aromatic carbocycles. The molecule has 2 heterocycles. The van der Waals surface area contributed by atoms with Gasteiger partial charge >= 0.3 is 0 Å². The number of piperazine rings is 1. The largest absolute Gasteiger partial charge is 0.340 e. The van der Waals surface area contributed by atoms with Crippen LogP contribution in [0.4, 0.5) is 0 Å². The Balaban J connectivity index is 1.73. The molecule has 0 atom stereocenters. The van der Waals surface area contributed by atoms with Crippen LogP contribution in [0.3, 0.4) is 0 Å². The van der Waals surface area contributed by atoms with E-state index in [1.54, 1.807) is 0 Å². The number of nitrogens with zero attached hydrogens (tertiary/aromatic N) is 4. The van der Waals surface area contributed by atoms with E-state index in [2.05, 4.69) is 21.4 Å². The molecule has 1 saturated heterocycles. The summed E-state index contributed by atoms with van der Waals surface area (Å²) in [5, 5.41) is 0. The molecule has 112 valence electrons. The molecule has 20 heavy (non-hydrogen) atoms. The predicted octanol–water partition coefficient (Wildman–Crippen LogP) is 1.22. The van der Waals surface area contributed by atoms with Gasteiger partial charge in [0.05, 0.1) is 0 Å². The lowest BCUT2D eigenvalue weighted by atomic mass is 10.3. The number of aromatic nitrogens is 2. The fraction of sp³-hybridized carbons (Fsp3) is 0.714. The molecular weight excluding hydrogens is 276 g/mol. The van der Waals surface area contributed by atoms with E-state index >= 15 is 0 Å². The van der Waals surface area contributed by atoms with Crippen LogP contribution < -0.4 is 0 Å².